The van der Waals surface area contributed by atoms with Gasteiger partial charge in [0.15, 0.2) is 0 Å². The first-order chi connectivity index (χ1) is 8.19. The fourth-order valence-electron chi connectivity index (χ4n) is 1.52. The van der Waals surface area contributed by atoms with E-state index in [-0.39, 0.29) is 6.04 Å². The second-order valence-electron chi connectivity index (χ2n) is 3.88. The second-order valence-corrected chi connectivity index (χ2v) is 6.99. The number of nitrogens with two attached hydrogens (primary N) is 1. The fourth-order valence-corrected chi connectivity index (χ4v) is 4.60. The number of thiophene rings is 1. The smallest absolute Gasteiger partial charge is 0.0542 e. The summed E-state index contributed by atoms with van der Waals surface area (Å²) in [5.74, 6) is 1.10. The topological polar surface area (TPSA) is 35.2 Å². The molecule has 17 heavy (non-hydrogen) atoms. The van der Waals surface area contributed by atoms with Gasteiger partial charge in [-0.2, -0.15) is 11.8 Å². The molecule has 1 aromatic rings. The Hall–Kier alpha value is 0.450. The molecule has 0 radical (unpaired) electrons. The third-order valence-corrected chi connectivity index (χ3v) is 5.93. The molecule has 0 spiro atoms. The molecule has 1 rings (SSSR count). The molecule has 0 amide bonds. The minimum atomic E-state index is 0.230. The van der Waals surface area contributed by atoms with Crippen LogP contribution in [0.5, 0.6) is 0 Å². The zero-order chi connectivity index (χ0) is 12.7. The number of ether oxygens (including phenoxy) is 1. The lowest BCUT2D eigenvalue weighted by molar-refractivity contribution is 0.200. The van der Waals surface area contributed by atoms with Crippen molar-refractivity contribution in [2.24, 2.45) is 5.73 Å². The highest BCUT2D eigenvalue weighted by Gasteiger charge is 2.20. The molecule has 2 nitrogen and oxygen atoms in total. The van der Waals surface area contributed by atoms with Crippen LogP contribution in [0.15, 0.2) is 15.9 Å². The van der Waals surface area contributed by atoms with Gasteiger partial charge in [-0.15, -0.1) is 11.3 Å². The number of rotatable bonds is 8. The monoisotopic (exact) mass is 337 g/mol. The van der Waals surface area contributed by atoms with Gasteiger partial charge in [0.1, 0.15) is 0 Å². The molecule has 0 aliphatic carbocycles. The van der Waals surface area contributed by atoms with Gasteiger partial charge in [-0.05, 0) is 40.6 Å². The van der Waals surface area contributed by atoms with Crippen molar-refractivity contribution in [3.05, 3.63) is 20.8 Å². The Bertz CT molecular complexity index is 319. The first kappa shape index (κ1) is 15.5. The number of halogens is 1. The summed E-state index contributed by atoms with van der Waals surface area (Å²) in [5, 5.41) is 2.54. The van der Waals surface area contributed by atoms with Crippen LogP contribution in [0.1, 0.15) is 29.9 Å². The van der Waals surface area contributed by atoms with Gasteiger partial charge in [0.2, 0.25) is 0 Å². The van der Waals surface area contributed by atoms with Crippen molar-refractivity contribution in [3.63, 3.8) is 0 Å². The van der Waals surface area contributed by atoms with E-state index < -0.39 is 0 Å². The summed E-state index contributed by atoms with van der Waals surface area (Å²) in [6.07, 6.45) is 2.10. The summed E-state index contributed by atoms with van der Waals surface area (Å²) in [6.45, 7) is 2.98. The van der Waals surface area contributed by atoms with Crippen LogP contribution in [0.3, 0.4) is 0 Å². The number of hydrogen-bond acceptors (Lipinski definition) is 4. The molecule has 0 saturated heterocycles. The van der Waals surface area contributed by atoms with Crippen LogP contribution in [-0.2, 0) is 4.74 Å². The Labute approximate surface area is 120 Å². The van der Waals surface area contributed by atoms with Crippen molar-refractivity contribution >= 4 is 39.0 Å². The van der Waals surface area contributed by atoms with Crippen molar-refractivity contribution in [3.8, 4) is 0 Å². The van der Waals surface area contributed by atoms with Gasteiger partial charge in [-0.1, -0.05) is 6.92 Å². The molecule has 5 heteroatoms. The lowest BCUT2D eigenvalue weighted by Crippen LogP contribution is -2.25. The molecule has 0 aliphatic rings. The summed E-state index contributed by atoms with van der Waals surface area (Å²) in [7, 11) is 1.75. The fraction of sp³-hybridized carbons (Fsp3) is 0.667. The number of thioether (sulfide) groups is 1. The Kier molecular flexibility index (Phi) is 7.78. The Balaban J connectivity index is 2.55. The predicted octanol–water partition coefficient (Wildman–Crippen LogP) is 4.06. The molecule has 0 bridgehead atoms. The van der Waals surface area contributed by atoms with E-state index in [1.807, 2.05) is 11.8 Å². The average molecular weight is 338 g/mol. The maximum atomic E-state index is 6.21. The van der Waals surface area contributed by atoms with Gasteiger partial charge in [-0.3, -0.25) is 0 Å². The number of methoxy groups -OCH3 is 1. The minimum Gasteiger partial charge on any atom is -0.385 e. The highest BCUT2D eigenvalue weighted by Crippen LogP contribution is 2.37. The largest absolute Gasteiger partial charge is 0.385 e. The van der Waals surface area contributed by atoms with Gasteiger partial charge in [-0.25, -0.2) is 0 Å². The lowest BCUT2D eigenvalue weighted by atomic mass is 10.1. The highest BCUT2D eigenvalue weighted by molar-refractivity contribution is 9.10. The van der Waals surface area contributed by atoms with Gasteiger partial charge in [0.25, 0.3) is 0 Å². The van der Waals surface area contributed by atoms with Gasteiger partial charge < -0.3 is 10.5 Å². The van der Waals surface area contributed by atoms with E-state index >= 15 is 0 Å². The predicted molar refractivity (Wildman–Crippen MR) is 82.0 cm³/mol. The van der Waals surface area contributed by atoms with E-state index in [1.54, 1.807) is 18.4 Å². The molecule has 2 unspecified atom stereocenters. The molecule has 0 saturated carbocycles. The van der Waals surface area contributed by atoms with E-state index in [9.17, 15) is 0 Å². The van der Waals surface area contributed by atoms with E-state index in [2.05, 4.69) is 34.3 Å². The van der Waals surface area contributed by atoms with E-state index in [0.717, 1.165) is 29.7 Å². The van der Waals surface area contributed by atoms with Gasteiger partial charge >= 0.3 is 0 Å². The molecule has 2 atom stereocenters. The Morgan fingerprint density at radius 3 is 2.88 bits per heavy atom. The molecule has 0 aliphatic heterocycles. The van der Waals surface area contributed by atoms with E-state index in [4.69, 9.17) is 10.5 Å². The maximum Gasteiger partial charge on any atom is 0.0542 e. The third-order valence-electron chi connectivity index (χ3n) is 2.52. The summed E-state index contributed by atoms with van der Waals surface area (Å²) < 4.78 is 6.23. The first-order valence-corrected chi connectivity index (χ1v) is 8.51. The zero-order valence-electron chi connectivity index (χ0n) is 10.3. The second kappa shape index (κ2) is 8.53. The van der Waals surface area contributed by atoms with Crippen molar-refractivity contribution < 1.29 is 4.74 Å². The van der Waals surface area contributed by atoms with Crippen LogP contribution in [0.25, 0.3) is 0 Å². The molecule has 98 valence electrons. The molecular weight excluding hydrogens is 318 g/mol. The first-order valence-electron chi connectivity index (χ1n) is 5.79. The third kappa shape index (κ3) is 5.30. The normalized spacial score (nSPS) is 14.8. The molecule has 1 heterocycles. The highest BCUT2D eigenvalue weighted by atomic mass is 79.9. The molecular formula is C12H20BrNOS2. The van der Waals surface area contributed by atoms with Crippen molar-refractivity contribution in [1.29, 1.82) is 0 Å². The van der Waals surface area contributed by atoms with E-state index in [0.29, 0.717) is 5.25 Å². The van der Waals surface area contributed by atoms with Crippen LogP contribution in [0.2, 0.25) is 0 Å². The Morgan fingerprint density at radius 1 is 1.59 bits per heavy atom. The summed E-state index contributed by atoms with van der Waals surface area (Å²) >= 11 is 7.24. The molecule has 0 fully saturated rings. The lowest BCUT2D eigenvalue weighted by Gasteiger charge is -2.21. The van der Waals surface area contributed by atoms with Crippen molar-refractivity contribution in [2.45, 2.75) is 31.1 Å². The maximum absolute atomic E-state index is 6.21. The van der Waals surface area contributed by atoms with Crippen LogP contribution in [0, 0.1) is 0 Å². The van der Waals surface area contributed by atoms with E-state index in [1.165, 1.54) is 4.88 Å². The van der Waals surface area contributed by atoms with Crippen molar-refractivity contribution in [1.82, 2.24) is 0 Å². The average Bonchev–Trinajstić information content (AvgIpc) is 2.75. The molecule has 1 aromatic heterocycles. The summed E-state index contributed by atoms with van der Waals surface area (Å²) in [6, 6.07) is 2.42. The van der Waals surface area contributed by atoms with Crippen LogP contribution >= 0.6 is 39.0 Å². The zero-order valence-corrected chi connectivity index (χ0v) is 13.5. The van der Waals surface area contributed by atoms with Crippen molar-refractivity contribution in [2.75, 3.05) is 19.5 Å². The quantitative estimate of drug-likeness (QED) is 0.726. The van der Waals surface area contributed by atoms with Crippen LogP contribution in [-0.4, -0.2) is 25.5 Å². The van der Waals surface area contributed by atoms with Crippen LogP contribution < -0.4 is 5.73 Å². The van der Waals surface area contributed by atoms with Gasteiger partial charge in [0.05, 0.1) is 5.25 Å². The van der Waals surface area contributed by atoms with Gasteiger partial charge in [0, 0.05) is 34.5 Å². The summed E-state index contributed by atoms with van der Waals surface area (Å²) in [5.41, 5.74) is 6.21. The van der Waals surface area contributed by atoms with Crippen LogP contribution in [0.4, 0.5) is 0 Å². The molecule has 0 aromatic carbocycles. The minimum absolute atomic E-state index is 0.230. The SMILES string of the molecule is CCC(N)C(SCCCOC)c1cc(Br)cs1. The summed E-state index contributed by atoms with van der Waals surface area (Å²) in [4.78, 5) is 1.37. The molecule has 2 N–H and O–H groups in total. The standard InChI is InChI=1S/C12H20BrNOS2/c1-3-10(14)12(16-6-4-5-15-2)11-7-9(13)8-17-11/h7-8,10,12H,3-6,14H2,1-2H3. The Morgan fingerprint density at radius 2 is 2.35 bits per heavy atom. The number of hydrogen-bond donors (Lipinski definition) is 1.